The van der Waals surface area contributed by atoms with E-state index in [0.29, 0.717) is 35.7 Å². The third-order valence-corrected chi connectivity index (χ3v) is 6.85. The quantitative estimate of drug-likeness (QED) is 0.207. The van der Waals surface area contributed by atoms with E-state index in [-0.39, 0.29) is 28.0 Å². The summed E-state index contributed by atoms with van der Waals surface area (Å²) in [6.07, 6.45) is 1.67. The summed E-state index contributed by atoms with van der Waals surface area (Å²) in [4.78, 5) is 59.4. The van der Waals surface area contributed by atoms with Crippen LogP contribution in [0.3, 0.4) is 0 Å². The summed E-state index contributed by atoms with van der Waals surface area (Å²) < 4.78 is 12.5. The Morgan fingerprint density at radius 2 is 1.57 bits per heavy atom. The molecule has 0 bridgehead atoms. The normalized spacial score (nSPS) is 11.1. The number of carbonyl (C=O) groups excluding carboxylic acids is 2. The van der Waals surface area contributed by atoms with Crippen molar-refractivity contribution in [2.45, 2.75) is 40.5 Å². The molecule has 5 rings (SSSR count). The van der Waals surface area contributed by atoms with Gasteiger partial charge < -0.3 is 13.7 Å². The van der Waals surface area contributed by atoms with Crippen LogP contribution in [0.25, 0.3) is 27.8 Å². The second kappa shape index (κ2) is 11.7. The molecular weight excluding hydrogens is 538 g/mol. The average molecular weight is 570 g/mol. The number of carbonyl (C=O) groups is 2. The van der Waals surface area contributed by atoms with E-state index in [1.165, 1.54) is 10.6 Å². The average Bonchev–Trinajstić information content (AvgIpc) is 3.32. The molecule has 0 saturated heterocycles. The maximum absolute atomic E-state index is 14.1. The summed E-state index contributed by atoms with van der Waals surface area (Å²) in [5.74, 6) is -1.11. The monoisotopic (exact) mass is 569 g/mol. The summed E-state index contributed by atoms with van der Waals surface area (Å²) in [6.45, 7) is 8.92. The fourth-order valence-electron chi connectivity index (χ4n) is 4.88. The Morgan fingerprint density at radius 1 is 0.905 bits per heavy atom. The van der Waals surface area contributed by atoms with E-state index in [0.717, 1.165) is 18.4 Å². The Kier molecular flexibility index (Phi) is 7.92. The molecule has 11 heteroatoms. The predicted molar refractivity (Wildman–Crippen MR) is 159 cm³/mol. The van der Waals surface area contributed by atoms with Gasteiger partial charge in [-0.3, -0.25) is 25.2 Å². The molecule has 0 atom stereocenters. The fraction of sp³-hybridized carbons (Fsp3) is 0.258. The molecule has 2 aromatic carbocycles. The minimum Gasteiger partial charge on any atom is -0.442 e. The van der Waals surface area contributed by atoms with Crippen molar-refractivity contribution in [1.82, 2.24) is 20.4 Å². The number of rotatable bonds is 8. The topological polar surface area (TPSA) is 140 Å². The van der Waals surface area contributed by atoms with Gasteiger partial charge in [0.15, 0.2) is 0 Å². The molecule has 0 fully saturated rings. The number of nitrogens with zero attached hydrogens (tertiary/aromatic N) is 3. The molecule has 0 saturated carbocycles. The second-order valence-corrected chi connectivity index (χ2v) is 9.98. The van der Waals surface area contributed by atoms with E-state index < -0.39 is 23.0 Å². The number of anilines is 1. The number of aromatic nitrogens is 2. The molecule has 0 aliphatic rings. The molecule has 216 valence electrons. The molecule has 0 aliphatic heterocycles. The van der Waals surface area contributed by atoms with Gasteiger partial charge in [0.05, 0.1) is 11.3 Å². The van der Waals surface area contributed by atoms with Gasteiger partial charge in [-0.1, -0.05) is 49.7 Å². The molecule has 5 aromatic rings. The SMILES string of the molecule is CCCN(CCC)c1nc2oc(C)c(C(=O)NNC(=O)c3cc4ccccc4oc3=O)c2c(=O)n1-c1ccc(C)cc1. The van der Waals surface area contributed by atoms with Crippen molar-refractivity contribution in [3.63, 3.8) is 0 Å². The third kappa shape index (κ3) is 5.28. The first-order valence-electron chi connectivity index (χ1n) is 13.7. The lowest BCUT2D eigenvalue weighted by Gasteiger charge is -2.25. The lowest BCUT2D eigenvalue weighted by Crippen LogP contribution is -2.43. The van der Waals surface area contributed by atoms with Crippen LogP contribution in [-0.4, -0.2) is 34.5 Å². The van der Waals surface area contributed by atoms with Crippen molar-refractivity contribution >= 4 is 39.8 Å². The number of amides is 2. The zero-order chi connectivity index (χ0) is 30.0. The molecule has 2 N–H and O–H groups in total. The number of furan rings is 1. The third-order valence-electron chi connectivity index (χ3n) is 6.85. The summed E-state index contributed by atoms with van der Waals surface area (Å²) >= 11 is 0. The van der Waals surface area contributed by atoms with Crippen LogP contribution in [0.2, 0.25) is 0 Å². The van der Waals surface area contributed by atoms with E-state index in [1.807, 2.05) is 49.9 Å². The van der Waals surface area contributed by atoms with Crippen molar-refractivity contribution in [2.24, 2.45) is 0 Å². The van der Waals surface area contributed by atoms with Gasteiger partial charge in [-0.25, -0.2) is 9.36 Å². The Morgan fingerprint density at radius 3 is 2.26 bits per heavy atom. The van der Waals surface area contributed by atoms with Crippen molar-refractivity contribution < 1.29 is 18.4 Å². The van der Waals surface area contributed by atoms with Crippen LogP contribution in [-0.2, 0) is 0 Å². The van der Waals surface area contributed by atoms with Crippen molar-refractivity contribution in [2.75, 3.05) is 18.0 Å². The zero-order valence-electron chi connectivity index (χ0n) is 23.8. The number of para-hydroxylation sites is 1. The number of aryl methyl sites for hydroxylation is 2. The zero-order valence-corrected chi connectivity index (χ0v) is 23.8. The van der Waals surface area contributed by atoms with Crippen LogP contribution >= 0.6 is 0 Å². The highest BCUT2D eigenvalue weighted by Crippen LogP contribution is 2.26. The van der Waals surface area contributed by atoms with Crippen LogP contribution in [0.1, 0.15) is 58.7 Å². The summed E-state index contributed by atoms with van der Waals surface area (Å²) in [7, 11) is 0. The van der Waals surface area contributed by atoms with E-state index >= 15 is 0 Å². The minimum absolute atomic E-state index is 0.0136. The smallest absolute Gasteiger partial charge is 0.349 e. The Labute approximate surface area is 240 Å². The summed E-state index contributed by atoms with van der Waals surface area (Å²) in [5, 5.41) is 0.519. The summed E-state index contributed by atoms with van der Waals surface area (Å²) in [6, 6.07) is 15.6. The van der Waals surface area contributed by atoms with E-state index in [4.69, 9.17) is 13.8 Å². The van der Waals surface area contributed by atoms with Gasteiger partial charge >= 0.3 is 5.63 Å². The molecule has 0 unspecified atom stereocenters. The van der Waals surface area contributed by atoms with Crippen LogP contribution in [0.15, 0.2) is 73.0 Å². The maximum Gasteiger partial charge on any atom is 0.349 e. The lowest BCUT2D eigenvalue weighted by molar-refractivity contribution is 0.0844. The molecule has 3 heterocycles. The minimum atomic E-state index is -0.874. The van der Waals surface area contributed by atoms with Gasteiger partial charge in [0.25, 0.3) is 17.4 Å². The highest BCUT2D eigenvalue weighted by atomic mass is 16.4. The van der Waals surface area contributed by atoms with Gasteiger partial charge in [0.2, 0.25) is 11.7 Å². The number of hydrogen-bond donors (Lipinski definition) is 2. The number of fused-ring (bicyclic) bond motifs is 2. The predicted octanol–water partition coefficient (Wildman–Crippen LogP) is 4.40. The van der Waals surface area contributed by atoms with Crippen LogP contribution in [0, 0.1) is 13.8 Å². The number of hydrazine groups is 1. The van der Waals surface area contributed by atoms with Gasteiger partial charge in [0, 0.05) is 18.5 Å². The first-order valence-corrected chi connectivity index (χ1v) is 13.7. The molecule has 11 nitrogen and oxygen atoms in total. The molecule has 0 radical (unpaired) electrons. The number of hydrogen-bond acceptors (Lipinski definition) is 8. The van der Waals surface area contributed by atoms with Crippen molar-refractivity contribution in [3.05, 3.63) is 97.8 Å². The van der Waals surface area contributed by atoms with Crippen LogP contribution in [0.4, 0.5) is 5.95 Å². The van der Waals surface area contributed by atoms with Gasteiger partial charge in [-0.2, -0.15) is 4.98 Å². The standard InChI is InChI=1S/C31H31N5O6/c1-5-15-35(16-6-2)31-32-28-25(29(39)36(31)21-13-11-18(3)12-14-21)24(19(4)41-28)27(38)34-33-26(37)22-17-20-9-7-8-10-23(20)42-30(22)40/h7-14,17H,5-6,15-16H2,1-4H3,(H,33,37)(H,34,38). The van der Waals surface area contributed by atoms with E-state index in [9.17, 15) is 19.2 Å². The maximum atomic E-state index is 14.1. The molecule has 0 spiro atoms. The number of benzene rings is 2. The van der Waals surface area contributed by atoms with Gasteiger partial charge in [-0.15, -0.1) is 0 Å². The van der Waals surface area contributed by atoms with E-state index in [1.54, 1.807) is 31.2 Å². The molecule has 2 amide bonds. The number of nitrogens with one attached hydrogen (secondary N) is 2. The molecule has 0 aliphatic carbocycles. The second-order valence-electron chi connectivity index (χ2n) is 9.98. The molecule has 42 heavy (non-hydrogen) atoms. The highest BCUT2D eigenvalue weighted by molar-refractivity contribution is 6.07. The molecular formula is C31H31N5O6. The Balaban J connectivity index is 1.55. The Hall–Kier alpha value is -5.19. The van der Waals surface area contributed by atoms with E-state index in [2.05, 4.69) is 10.9 Å². The van der Waals surface area contributed by atoms with Crippen molar-refractivity contribution in [3.8, 4) is 5.69 Å². The highest BCUT2D eigenvalue weighted by Gasteiger charge is 2.27. The van der Waals surface area contributed by atoms with Gasteiger partial charge in [-0.05, 0) is 51.0 Å². The van der Waals surface area contributed by atoms with Crippen LogP contribution in [0.5, 0.6) is 0 Å². The first-order chi connectivity index (χ1) is 20.2. The molecule has 3 aromatic heterocycles. The van der Waals surface area contributed by atoms with Gasteiger partial charge in [0.1, 0.15) is 22.3 Å². The fourth-order valence-corrected chi connectivity index (χ4v) is 4.88. The first kappa shape index (κ1) is 28.3. The van der Waals surface area contributed by atoms with Crippen molar-refractivity contribution in [1.29, 1.82) is 0 Å². The summed E-state index contributed by atoms with van der Waals surface area (Å²) in [5.41, 5.74) is 4.80. The largest absolute Gasteiger partial charge is 0.442 e. The lowest BCUT2D eigenvalue weighted by atomic mass is 10.1. The van der Waals surface area contributed by atoms with Crippen LogP contribution < -0.4 is 26.9 Å². The Bertz CT molecular complexity index is 1910.